The van der Waals surface area contributed by atoms with Crippen molar-refractivity contribution in [3.8, 4) is 0 Å². The number of alkyl halides is 1. The molecule has 0 bridgehead atoms. The van der Waals surface area contributed by atoms with Crippen molar-refractivity contribution >= 4 is 29.7 Å². The summed E-state index contributed by atoms with van der Waals surface area (Å²) in [5.41, 5.74) is 3.79. The van der Waals surface area contributed by atoms with Gasteiger partial charge in [-0.15, -0.1) is 11.6 Å². The second-order valence-corrected chi connectivity index (χ2v) is 4.59. The van der Waals surface area contributed by atoms with Crippen molar-refractivity contribution < 1.29 is 9.53 Å². The van der Waals surface area contributed by atoms with Crippen molar-refractivity contribution in [1.82, 2.24) is 0 Å². The van der Waals surface area contributed by atoms with E-state index in [0.29, 0.717) is 11.4 Å². The summed E-state index contributed by atoms with van der Waals surface area (Å²) in [6.45, 7) is 0. The standard InChI is InChI=1S/C17H15ClO2/c1-20-17(19)16-10-8-14(9-11-16)3-2-13-4-6-15(12-18)7-5-13/h2-11H,12H2,1H3/b3-2+. The van der Waals surface area contributed by atoms with Crippen LogP contribution in [0.4, 0.5) is 0 Å². The lowest BCUT2D eigenvalue weighted by atomic mass is 10.1. The van der Waals surface area contributed by atoms with E-state index < -0.39 is 0 Å². The van der Waals surface area contributed by atoms with Gasteiger partial charge in [-0.25, -0.2) is 4.79 Å². The lowest BCUT2D eigenvalue weighted by Crippen LogP contribution is -2.00. The summed E-state index contributed by atoms with van der Waals surface area (Å²) in [5.74, 6) is 0.205. The second-order valence-electron chi connectivity index (χ2n) is 4.32. The average Bonchev–Trinajstić information content (AvgIpc) is 2.53. The lowest BCUT2D eigenvalue weighted by Gasteiger charge is -2.00. The van der Waals surface area contributed by atoms with Crippen LogP contribution >= 0.6 is 11.6 Å². The van der Waals surface area contributed by atoms with Gasteiger partial charge in [0.1, 0.15) is 0 Å². The van der Waals surface area contributed by atoms with Gasteiger partial charge in [0, 0.05) is 5.88 Å². The van der Waals surface area contributed by atoms with Crippen molar-refractivity contribution in [2.24, 2.45) is 0 Å². The number of hydrogen-bond acceptors (Lipinski definition) is 2. The first kappa shape index (κ1) is 14.4. The third-order valence-electron chi connectivity index (χ3n) is 2.93. The van der Waals surface area contributed by atoms with Gasteiger partial charge in [0.15, 0.2) is 0 Å². The van der Waals surface area contributed by atoms with Gasteiger partial charge in [0.2, 0.25) is 0 Å². The Morgan fingerprint density at radius 3 is 1.95 bits per heavy atom. The number of methoxy groups -OCH3 is 1. The Morgan fingerprint density at radius 1 is 1.00 bits per heavy atom. The first-order chi connectivity index (χ1) is 9.72. The molecule has 0 aliphatic heterocycles. The highest BCUT2D eigenvalue weighted by molar-refractivity contribution is 6.17. The maximum absolute atomic E-state index is 11.3. The molecule has 0 fully saturated rings. The Kier molecular flexibility index (Phi) is 4.97. The Labute approximate surface area is 123 Å². The zero-order valence-corrected chi connectivity index (χ0v) is 11.9. The molecule has 0 saturated heterocycles. The van der Waals surface area contributed by atoms with Crippen molar-refractivity contribution in [2.45, 2.75) is 5.88 Å². The number of esters is 1. The lowest BCUT2D eigenvalue weighted by molar-refractivity contribution is 0.0601. The van der Waals surface area contributed by atoms with Crippen LogP contribution in [-0.4, -0.2) is 13.1 Å². The minimum atomic E-state index is -0.322. The maximum Gasteiger partial charge on any atom is 0.337 e. The van der Waals surface area contributed by atoms with Gasteiger partial charge < -0.3 is 4.74 Å². The largest absolute Gasteiger partial charge is 0.465 e. The first-order valence-corrected chi connectivity index (χ1v) is 6.78. The van der Waals surface area contributed by atoms with Crippen molar-refractivity contribution in [1.29, 1.82) is 0 Å². The van der Waals surface area contributed by atoms with Crippen molar-refractivity contribution in [3.63, 3.8) is 0 Å². The Hall–Kier alpha value is -2.06. The average molecular weight is 287 g/mol. The number of carbonyl (C=O) groups is 1. The van der Waals surface area contributed by atoms with E-state index in [-0.39, 0.29) is 5.97 Å². The fourth-order valence-electron chi connectivity index (χ4n) is 1.76. The topological polar surface area (TPSA) is 26.3 Å². The SMILES string of the molecule is COC(=O)c1ccc(/C=C/c2ccc(CCl)cc2)cc1. The van der Waals surface area contributed by atoms with Gasteiger partial charge >= 0.3 is 5.97 Å². The zero-order chi connectivity index (χ0) is 14.4. The molecule has 3 heteroatoms. The first-order valence-electron chi connectivity index (χ1n) is 6.24. The van der Waals surface area contributed by atoms with E-state index in [1.807, 2.05) is 48.6 Å². The van der Waals surface area contributed by atoms with Gasteiger partial charge in [-0.05, 0) is 28.8 Å². The minimum Gasteiger partial charge on any atom is -0.465 e. The molecule has 0 heterocycles. The van der Waals surface area contributed by atoms with Crippen molar-refractivity contribution in [3.05, 3.63) is 70.8 Å². The van der Waals surface area contributed by atoms with Crippen LogP contribution < -0.4 is 0 Å². The highest BCUT2D eigenvalue weighted by Crippen LogP contribution is 2.12. The Morgan fingerprint density at radius 2 is 1.50 bits per heavy atom. The molecule has 0 saturated carbocycles. The summed E-state index contributed by atoms with van der Waals surface area (Å²) in [4.78, 5) is 11.3. The van der Waals surface area contributed by atoms with Crippen LogP contribution in [0.3, 0.4) is 0 Å². The molecule has 0 N–H and O–H groups in total. The normalized spacial score (nSPS) is 10.7. The molecule has 0 atom stereocenters. The molecule has 0 spiro atoms. The molecular weight excluding hydrogens is 272 g/mol. The van der Waals surface area contributed by atoms with Gasteiger partial charge in [0.25, 0.3) is 0 Å². The van der Waals surface area contributed by atoms with E-state index in [4.69, 9.17) is 11.6 Å². The molecule has 0 radical (unpaired) electrons. The summed E-state index contributed by atoms with van der Waals surface area (Å²) in [5, 5.41) is 0. The van der Waals surface area contributed by atoms with E-state index in [9.17, 15) is 4.79 Å². The molecule has 2 aromatic rings. The maximum atomic E-state index is 11.3. The predicted octanol–water partition coefficient (Wildman–Crippen LogP) is 4.38. The molecule has 0 aliphatic rings. The second kappa shape index (κ2) is 6.92. The van der Waals surface area contributed by atoms with Crippen LogP contribution in [-0.2, 0) is 10.6 Å². The van der Waals surface area contributed by atoms with Crippen LogP contribution in [0, 0.1) is 0 Å². The molecule has 0 unspecified atom stereocenters. The fraction of sp³-hybridized carbons (Fsp3) is 0.118. The molecule has 102 valence electrons. The number of hydrogen-bond donors (Lipinski definition) is 0. The van der Waals surface area contributed by atoms with Crippen LogP contribution in [0.5, 0.6) is 0 Å². The molecule has 2 nitrogen and oxygen atoms in total. The molecule has 0 aliphatic carbocycles. The summed E-state index contributed by atoms with van der Waals surface area (Å²) in [6, 6.07) is 15.3. The van der Waals surface area contributed by atoms with E-state index in [2.05, 4.69) is 4.74 Å². The molecule has 20 heavy (non-hydrogen) atoms. The highest BCUT2D eigenvalue weighted by atomic mass is 35.5. The minimum absolute atomic E-state index is 0.322. The van der Waals surface area contributed by atoms with E-state index in [0.717, 1.165) is 16.7 Å². The third kappa shape index (κ3) is 3.72. The third-order valence-corrected chi connectivity index (χ3v) is 3.24. The number of halogens is 1. The number of carbonyl (C=O) groups excluding carboxylic acids is 1. The van der Waals surface area contributed by atoms with Gasteiger partial charge in [-0.1, -0.05) is 48.6 Å². The summed E-state index contributed by atoms with van der Waals surface area (Å²) < 4.78 is 4.66. The van der Waals surface area contributed by atoms with E-state index in [1.54, 1.807) is 12.1 Å². The van der Waals surface area contributed by atoms with Crippen LogP contribution in [0.15, 0.2) is 48.5 Å². The van der Waals surface area contributed by atoms with E-state index >= 15 is 0 Å². The number of benzene rings is 2. The monoisotopic (exact) mass is 286 g/mol. The van der Waals surface area contributed by atoms with Crippen LogP contribution in [0.1, 0.15) is 27.0 Å². The fourth-order valence-corrected chi connectivity index (χ4v) is 1.94. The number of rotatable bonds is 4. The van der Waals surface area contributed by atoms with Crippen LogP contribution in [0.25, 0.3) is 12.2 Å². The van der Waals surface area contributed by atoms with E-state index in [1.165, 1.54) is 7.11 Å². The molecule has 2 aromatic carbocycles. The molecule has 0 aromatic heterocycles. The summed E-state index contributed by atoms with van der Waals surface area (Å²) in [6.07, 6.45) is 4.02. The highest BCUT2D eigenvalue weighted by Gasteiger charge is 2.02. The summed E-state index contributed by atoms with van der Waals surface area (Å²) >= 11 is 5.75. The van der Waals surface area contributed by atoms with Gasteiger partial charge in [-0.2, -0.15) is 0 Å². The van der Waals surface area contributed by atoms with Crippen LogP contribution in [0.2, 0.25) is 0 Å². The Bertz CT molecular complexity index is 598. The molecule has 0 amide bonds. The number of ether oxygens (including phenoxy) is 1. The van der Waals surface area contributed by atoms with Gasteiger partial charge in [-0.3, -0.25) is 0 Å². The quantitative estimate of drug-likeness (QED) is 0.473. The summed E-state index contributed by atoms with van der Waals surface area (Å²) in [7, 11) is 1.38. The zero-order valence-electron chi connectivity index (χ0n) is 11.2. The molecular formula is C17H15ClO2. The van der Waals surface area contributed by atoms with Crippen molar-refractivity contribution in [2.75, 3.05) is 7.11 Å². The smallest absolute Gasteiger partial charge is 0.337 e. The predicted molar refractivity (Wildman–Crippen MR) is 82.7 cm³/mol. The Balaban J connectivity index is 2.08. The van der Waals surface area contributed by atoms with Gasteiger partial charge in [0.05, 0.1) is 12.7 Å². The molecule has 2 rings (SSSR count).